The monoisotopic (exact) mass is 350 g/mol. The van der Waals surface area contributed by atoms with Crippen molar-refractivity contribution in [1.29, 1.82) is 0 Å². The number of hydrogen-bond acceptors (Lipinski definition) is 4. The molecule has 0 atom stereocenters. The fourth-order valence-electron chi connectivity index (χ4n) is 2.47. The summed E-state index contributed by atoms with van der Waals surface area (Å²) in [6, 6.07) is 10.1. The van der Waals surface area contributed by atoms with Gasteiger partial charge in [0.05, 0.1) is 6.20 Å². The minimum absolute atomic E-state index is 0.386. The minimum atomic E-state index is -4.17. The van der Waals surface area contributed by atoms with E-state index in [1.54, 1.807) is 4.72 Å². The first-order valence-electron chi connectivity index (χ1n) is 7.06. The highest BCUT2D eigenvalue weighted by Gasteiger charge is 2.33. The molecule has 2 aromatic carbocycles. The van der Waals surface area contributed by atoms with Gasteiger partial charge in [0.25, 0.3) is 0 Å². The van der Waals surface area contributed by atoms with Gasteiger partial charge in [-0.3, -0.25) is 0 Å². The van der Waals surface area contributed by atoms with Crippen molar-refractivity contribution in [3.05, 3.63) is 71.0 Å². The van der Waals surface area contributed by atoms with Gasteiger partial charge in [0.1, 0.15) is 11.4 Å². The van der Waals surface area contributed by atoms with Crippen LogP contribution in [-0.2, 0) is 16.6 Å². The number of aliphatic hydroxyl groups is 1. The molecular formula is C16H15FN2O4S. The molecule has 0 unspecified atom stereocenters. The second kappa shape index (κ2) is 5.72. The van der Waals surface area contributed by atoms with E-state index in [1.807, 2.05) is 31.2 Å². The molecule has 1 aliphatic rings. The molecule has 6 nitrogen and oxygen atoms in total. The molecular weight excluding hydrogens is 335 g/mol. The summed E-state index contributed by atoms with van der Waals surface area (Å²) in [6.45, 7) is 1.96. The number of phenols is 1. The Morgan fingerprint density at radius 2 is 1.79 bits per heavy atom. The third-order valence-electron chi connectivity index (χ3n) is 3.58. The van der Waals surface area contributed by atoms with Crippen LogP contribution in [0.5, 0.6) is 5.75 Å². The van der Waals surface area contributed by atoms with E-state index in [1.165, 1.54) is 6.07 Å². The predicted octanol–water partition coefficient (Wildman–Crippen LogP) is 2.44. The van der Waals surface area contributed by atoms with Crippen molar-refractivity contribution in [2.45, 2.75) is 13.3 Å². The molecule has 0 radical (unpaired) electrons. The van der Waals surface area contributed by atoms with Gasteiger partial charge in [-0.15, -0.1) is 0 Å². The van der Waals surface area contributed by atoms with Crippen LogP contribution in [0.3, 0.4) is 0 Å². The number of rotatable bonds is 3. The Morgan fingerprint density at radius 3 is 2.33 bits per heavy atom. The van der Waals surface area contributed by atoms with Crippen LogP contribution in [0, 0.1) is 12.7 Å². The highest BCUT2D eigenvalue weighted by Crippen LogP contribution is 2.35. The second-order valence-corrected chi connectivity index (χ2v) is 7.07. The Balaban J connectivity index is 1.96. The lowest BCUT2D eigenvalue weighted by atomic mass is 10.0. The van der Waals surface area contributed by atoms with Crippen LogP contribution < -0.4 is 9.03 Å². The van der Waals surface area contributed by atoms with Crippen LogP contribution >= 0.6 is 0 Å². The molecule has 3 rings (SSSR count). The van der Waals surface area contributed by atoms with Crippen molar-refractivity contribution in [3.63, 3.8) is 0 Å². The van der Waals surface area contributed by atoms with Crippen molar-refractivity contribution in [1.82, 2.24) is 4.72 Å². The number of hydrogen-bond donors (Lipinski definition) is 3. The zero-order valence-electron chi connectivity index (χ0n) is 12.7. The summed E-state index contributed by atoms with van der Waals surface area (Å²) in [4.78, 5) is 0. The largest absolute Gasteiger partial charge is 0.506 e. The maximum Gasteiger partial charge on any atom is 0.330 e. The molecule has 1 heterocycles. The van der Waals surface area contributed by atoms with E-state index in [4.69, 9.17) is 0 Å². The highest BCUT2D eigenvalue weighted by atomic mass is 32.2. The van der Waals surface area contributed by atoms with Crippen LogP contribution in [-0.4, -0.2) is 18.6 Å². The number of nitrogens with one attached hydrogen (secondary N) is 1. The van der Waals surface area contributed by atoms with E-state index in [0.717, 1.165) is 23.4 Å². The second-order valence-electron chi connectivity index (χ2n) is 5.53. The quantitative estimate of drug-likeness (QED) is 0.793. The van der Waals surface area contributed by atoms with Gasteiger partial charge in [0.2, 0.25) is 5.88 Å². The van der Waals surface area contributed by atoms with E-state index in [2.05, 4.69) is 0 Å². The van der Waals surface area contributed by atoms with Gasteiger partial charge in [-0.25, -0.2) is 13.4 Å². The van der Waals surface area contributed by atoms with E-state index < -0.39 is 33.3 Å². The average molecular weight is 350 g/mol. The van der Waals surface area contributed by atoms with Crippen molar-refractivity contribution in [2.24, 2.45) is 0 Å². The zero-order valence-corrected chi connectivity index (χ0v) is 13.5. The molecule has 0 saturated heterocycles. The Morgan fingerprint density at radius 1 is 1.12 bits per heavy atom. The molecule has 3 N–H and O–H groups in total. The van der Waals surface area contributed by atoms with E-state index in [-0.39, 0.29) is 0 Å². The first-order chi connectivity index (χ1) is 11.3. The lowest BCUT2D eigenvalue weighted by Crippen LogP contribution is -2.30. The first kappa shape index (κ1) is 16.1. The minimum Gasteiger partial charge on any atom is -0.506 e. The zero-order chi connectivity index (χ0) is 17.5. The van der Waals surface area contributed by atoms with Gasteiger partial charge in [-0.2, -0.15) is 8.42 Å². The van der Waals surface area contributed by atoms with Crippen LogP contribution in [0.2, 0.25) is 0 Å². The van der Waals surface area contributed by atoms with E-state index in [0.29, 0.717) is 16.3 Å². The summed E-state index contributed by atoms with van der Waals surface area (Å²) in [5.41, 5.74) is 1.98. The molecule has 126 valence electrons. The fraction of sp³-hybridized carbons (Fsp3) is 0.125. The van der Waals surface area contributed by atoms with Crippen molar-refractivity contribution < 1.29 is 23.0 Å². The lowest BCUT2D eigenvalue weighted by molar-refractivity contribution is 0.392. The maximum atomic E-state index is 14.4. The summed E-state index contributed by atoms with van der Waals surface area (Å²) in [5, 5.41) is 19.4. The summed E-state index contributed by atoms with van der Waals surface area (Å²) in [7, 11) is -4.17. The number of aliphatic hydroxyl groups excluding tert-OH is 1. The molecule has 24 heavy (non-hydrogen) atoms. The van der Waals surface area contributed by atoms with Gasteiger partial charge >= 0.3 is 10.2 Å². The van der Waals surface area contributed by atoms with Gasteiger partial charge in [-0.05, 0) is 36.6 Å². The molecule has 0 spiro atoms. The number of phenolic OH excluding ortho intramolecular Hbond substituents is 1. The number of aromatic hydroxyl groups is 1. The standard InChI is InChI=1S/C16H15FN2O4S/c1-10-2-4-11(5-3-10)6-12-7-13(17)16(14(20)8-12)19-9-15(21)18-24(19,22)23/h2-5,7-9,18,20-21H,6H2,1H3. The summed E-state index contributed by atoms with van der Waals surface area (Å²) >= 11 is 0. The normalized spacial score (nSPS) is 15.9. The van der Waals surface area contributed by atoms with Crippen LogP contribution in [0.25, 0.3) is 0 Å². The fourth-order valence-corrected chi connectivity index (χ4v) is 3.55. The van der Waals surface area contributed by atoms with E-state index >= 15 is 0 Å². The molecule has 0 aromatic heterocycles. The molecule has 8 heteroatoms. The van der Waals surface area contributed by atoms with Gasteiger partial charge in [0.15, 0.2) is 5.82 Å². The maximum absolute atomic E-state index is 14.4. The molecule has 0 amide bonds. The molecule has 1 aliphatic heterocycles. The molecule has 0 fully saturated rings. The topological polar surface area (TPSA) is 89.9 Å². The first-order valence-corrected chi connectivity index (χ1v) is 8.50. The molecule has 2 aromatic rings. The van der Waals surface area contributed by atoms with Gasteiger partial charge in [0, 0.05) is 0 Å². The number of aryl methyl sites for hydroxylation is 1. The number of nitrogens with zero attached hydrogens (tertiary/aromatic N) is 1. The number of halogens is 1. The third-order valence-corrected chi connectivity index (χ3v) is 4.86. The van der Waals surface area contributed by atoms with Crippen molar-refractivity contribution in [3.8, 4) is 5.75 Å². The van der Waals surface area contributed by atoms with E-state index in [9.17, 15) is 23.0 Å². The lowest BCUT2D eigenvalue weighted by Gasteiger charge is -2.17. The van der Waals surface area contributed by atoms with Gasteiger partial charge < -0.3 is 10.2 Å². The Kier molecular flexibility index (Phi) is 3.84. The van der Waals surface area contributed by atoms with Crippen LogP contribution in [0.1, 0.15) is 16.7 Å². The smallest absolute Gasteiger partial charge is 0.330 e. The Hall–Kier alpha value is -2.74. The summed E-state index contributed by atoms with van der Waals surface area (Å²) < 4.78 is 40.3. The third kappa shape index (κ3) is 3.00. The number of benzene rings is 2. The van der Waals surface area contributed by atoms with Crippen LogP contribution in [0.4, 0.5) is 10.1 Å². The summed E-state index contributed by atoms with van der Waals surface area (Å²) in [6.07, 6.45) is 1.17. The predicted molar refractivity (Wildman–Crippen MR) is 87.3 cm³/mol. The van der Waals surface area contributed by atoms with Crippen LogP contribution in [0.15, 0.2) is 48.5 Å². The molecule has 0 bridgehead atoms. The molecule has 0 saturated carbocycles. The average Bonchev–Trinajstić information content (AvgIpc) is 2.74. The Labute approximate surface area is 138 Å². The number of anilines is 1. The highest BCUT2D eigenvalue weighted by molar-refractivity contribution is 7.91. The van der Waals surface area contributed by atoms with Crippen molar-refractivity contribution >= 4 is 15.9 Å². The van der Waals surface area contributed by atoms with Gasteiger partial charge in [-0.1, -0.05) is 29.8 Å². The van der Waals surface area contributed by atoms with Crippen molar-refractivity contribution in [2.75, 3.05) is 4.31 Å². The molecule has 0 aliphatic carbocycles. The summed E-state index contributed by atoms with van der Waals surface area (Å²) in [5.74, 6) is -2.10. The Bertz CT molecular complexity index is 901. The SMILES string of the molecule is Cc1ccc(Cc2cc(O)c(N3C=C(O)NS3(=O)=O)c(F)c2)cc1.